The Labute approximate surface area is 155 Å². The standard InChI is InChI=1S/C25H25F/c1-24(2,3)23-17(10-8-12-22(23)26)16-13-14-21-19(15-16)18-9-6-7-11-20(18)25(21,4)5/h6-15H,1-5H3. The molecule has 0 aliphatic heterocycles. The van der Waals surface area contributed by atoms with Crippen molar-refractivity contribution in [2.45, 2.75) is 45.4 Å². The van der Waals surface area contributed by atoms with Gasteiger partial charge in [0.2, 0.25) is 0 Å². The Kier molecular flexibility index (Phi) is 3.63. The lowest BCUT2D eigenvalue weighted by Gasteiger charge is -2.24. The number of benzene rings is 3. The van der Waals surface area contributed by atoms with Crippen LogP contribution in [0.1, 0.15) is 51.3 Å². The van der Waals surface area contributed by atoms with E-state index < -0.39 is 0 Å². The molecule has 26 heavy (non-hydrogen) atoms. The first-order chi connectivity index (χ1) is 12.2. The molecule has 0 radical (unpaired) electrons. The van der Waals surface area contributed by atoms with Gasteiger partial charge in [-0.3, -0.25) is 0 Å². The fourth-order valence-electron chi connectivity index (χ4n) is 4.41. The van der Waals surface area contributed by atoms with Crippen LogP contribution in [-0.4, -0.2) is 0 Å². The number of hydrogen-bond acceptors (Lipinski definition) is 0. The highest BCUT2D eigenvalue weighted by Gasteiger charge is 2.35. The highest BCUT2D eigenvalue weighted by atomic mass is 19.1. The SMILES string of the molecule is CC(C)(C)c1c(F)cccc1-c1ccc2c(c1)-c1ccccc1C2(C)C. The van der Waals surface area contributed by atoms with E-state index in [2.05, 4.69) is 77.1 Å². The first-order valence-corrected chi connectivity index (χ1v) is 9.25. The predicted octanol–water partition coefficient (Wildman–Crippen LogP) is 7.10. The van der Waals surface area contributed by atoms with Crippen LogP contribution in [0, 0.1) is 5.82 Å². The molecule has 132 valence electrons. The van der Waals surface area contributed by atoms with Crippen LogP contribution in [0.15, 0.2) is 60.7 Å². The van der Waals surface area contributed by atoms with Gasteiger partial charge in [-0.25, -0.2) is 4.39 Å². The Hall–Kier alpha value is -2.41. The number of halogens is 1. The van der Waals surface area contributed by atoms with Gasteiger partial charge < -0.3 is 0 Å². The largest absolute Gasteiger partial charge is 0.207 e. The Bertz CT molecular complexity index is 1000. The van der Waals surface area contributed by atoms with Gasteiger partial charge in [-0.1, -0.05) is 83.1 Å². The molecule has 0 heterocycles. The molecule has 0 saturated heterocycles. The van der Waals surface area contributed by atoms with E-state index in [-0.39, 0.29) is 16.6 Å². The third-order valence-corrected chi connectivity index (χ3v) is 5.66. The number of rotatable bonds is 1. The molecule has 0 spiro atoms. The van der Waals surface area contributed by atoms with Crippen LogP contribution >= 0.6 is 0 Å². The molecular formula is C25H25F. The van der Waals surface area contributed by atoms with Gasteiger partial charge in [0, 0.05) is 11.0 Å². The molecule has 0 saturated carbocycles. The lowest BCUT2D eigenvalue weighted by atomic mass is 9.80. The third-order valence-electron chi connectivity index (χ3n) is 5.66. The van der Waals surface area contributed by atoms with E-state index in [1.165, 1.54) is 22.3 Å². The molecule has 0 aromatic heterocycles. The van der Waals surface area contributed by atoms with Gasteiger partial charge in [-0.05, 0) is 50.9 Å². The number of hydrogen-bond donors (Lipinski definition) is 0. The van der Waals surface area contributed by atoms with E-state index in [9.17, 15) is 4.39 Å². The maximum atomic E-state index is 14.7. The van der Waals surface area contributed by atoms with Crippen molar-refractivity contribution in [3.8, 4) is 22.3 Å². The lowest BCUT2D eigenvalue weighted by molar-refractivity contribution is 0.524. The zero-order valence-corrected chi connectivity index (χ0v) is 16.2. The van der Waals surface area contributed by atoms with Crippen molar-refractivity contribution in [2.24, 2.45) is 0 Å². The molecule has 3 aromatic rings. The van der Waals surface area contributed by atoms with Crippen LogP contribution in [0.4, 0.5) is 4.39 Å². The summed E-state index contributed by atoms with van der Waals surface area (Å²) in [5.41, 5.74) is 7.87. The van der Waals surface area contributed by atoms with Crippen LogP contribution in [0.3, 0.4) is 0 Å². The van der Waals surface area contributed by atoms with Gasteiger partial charge in [0.1, 0.15) is 5.82 Å². The van der Waals surface area contributed by atoms with Gasteiger partial charge in [0.25, 0.3) is 0 Å². The topological polar surface area (TPSA) is 0 Å². The van der Waals surface area contributed by atoms with Crippen molar-refractivity contribution in [1.29, 1.82) is 0 Å². The molecule has 4 rings (SSSR count). The van der Waals surface area contributed by atoms with Gasteiger partial charge >= 0.3 is 0 Å². The Morgan fingerprint density at radius 2 is 1.38 bits per heavy atom. The van der Waals surface area contributed by atoms with E-state index >= 15 is 0 Å². The molecule has 0 amide bonds. The zero-order valence-electron chi connectivity index (χ0n) is 16.2. The van der Waals surface area contributed by atoms with Crippen LogP contribution in [-0.2, 0) is 10.8 Å². The second kappa shape index (κ2) is 5.54. The summed E-state index contributed by atoms with van der Waals surface area (Å²) in [5.74, 6) is -0.128. The second-order valence-corrected chi connectivity index (χ2v) is 8.84. The summed E-state index contributed by atoms with van der Waals surface area (Å²) < 4.78 is 14.7. The van der Waals surface area contributed by atoms with Crippen molar-refractivity contribution in [2.75, 3.05) is 0 Å². The number of fused-ring (bicyclic) bond motifs is 3. The van der Waals surface area contributed by atoms with Crippen molar-refractivity contribution < 1.29 is 4.39 Å². The molecule has 0 atom stereocenters. The van der Waals surface area contributed by atoms with Crippen molar-refractivity contribution in [1.82, 2.24) is 0 Å². The summed E-state index contributed by atoms with van der Waals surface area (Å²) >= 11 is 0. The zero-order chi connectivity index (χ0) is 18.7. The van der Waals surface area contributed by atoms with E-state index in [1.807, 2.05) is 12.1 Å². The first-order valence-electron chi connectivity index (χ1n) is 9.25. The van der Waals surface area contributed by atoms with Gasteiger partial charge in [-0.15, -0.1) is 0 Å². The quantitative estimate of drug-likeness (QED) is 0.442. The molecule has 1 heteroatoms. The molecular weight excluding hydrogens is 319 g/mol. The summed E-state index contributed by atoms with van der Waals surface area (Å²) in [6, 6.07) is 20.7. The molecule has 1 aliphatic carbocycles. The van der Waals surface area contributed by atoms with Crippen LogP contribution < -0.4 is 0 Å². The minimum atomic E-state index is -0.253. The normalized spacial score (nSPS) is 14.8. The molecule has 0 bridgehead atoms. The fraction of sp³-hybridized carbons (Fsp3) is 0.280. The summed E-state index contributed by atoms with van der Waals surface area (Å²) in [6.45, 7) is 10.8. The summed E-state index contributed by atoms with van der Waals surface area (Å²) in [4.78, 5) is 0. The van der Waals surface area contributed by atoms with Gasteiger partial charge in [0.15, 0.2) is 0 Å². The van der Waals surface area contributed by atoms with E-state index in [0.717, 1.165) is 16.7 Å². The van der Waals surface area contributed by atoms with Crippen LogP contribution in [0.2, 0.25) is 0 Å². The maximum absolute atomic E-state index is 14.7. The molecule has 1 aliphatic rings. The monoisotopic (exact) mass is 344 g/mol. The predicted molar refractivity (Wildman–Crippen MR) is 108 cm³/mol. The maximum Gasteiger partial charge on any atom is 0.127 e. The van der Waals surface area contributed by atoms with E-state index in [1.54, 1.807) is 6.07 Å². The fourth-order valence-corrected chi connectivity index (χ4v) is 4.41. The first kappa shape index (κ1) is 17.0. The Morgan fingerprint density at radius 1 is 0.731 bits per heavy atom. The van der Waals surface area contributed by atoms with Crippen molar-refractivity contribution >= 4 is 0 Å². The van der Waals surface area contributed by atoms with Crippen LogP contribution in [0.25, 0.3) is 22.3 Å². The van der Waals surface area contributed by atoms with Gasteiger partial charge in [-0.2, -0.15) is 0 Å². The Morgan fingerprint density at radius 3 is 2.12 bits per heavy atom. The van der Waals surface area contributed by atoms with Crippen molar-refractivity contribution in [3.05, 3.63) is 83.2 Å². The Balaban J connectivity index is 1.97. The van der Waals surface area contributed by atoms with Crippen molar-refractivity contribution in [3.63, 3.8) is 0 Å². The van der Waals surface area contributed by atoms with Gasteiger partial charge in [0.05, 0.1) is 0 Å². The third kappa shape index (κ3) is 2.41. The van der Waals surface area contributed by atoms with Crippen LogP contribution in [0.5, 0.6) is 0 Å². The average molecular weight is 344 g/mol. The minimum absolute atomic E-state index is 0.000742. The average Bonchev–Trinajstić information content (AvgIpc) is 2.81. The molecule has 0 unspecified atom stereocenters. The summed E-state index contributed by atoms with van der Waals surface area (Å²) in [6.07, 6.45) is 0. The molecule has 0 nitrogen and oxygen atoms in total. The smallest absolute Gasteiger partial charge is 0.127 e. The molecule has 0 N–H and O–H groups in total. The summed E-state index contributed by atoms with van der Waals surface area (Å²) in [7, 11) is 0. The second-order valence-electron chi connectivity index (χ2n) is 8.84. The molecule has 3 aromatic carbocycles. The summed E-state index contributed by atoms with van der Waals surface area (Å²) in [5, 5.41) is 0. The highest BCUT2D eigenvalue weighted by molar-refractivity contribution is 5.85. The lowest BCUT2D eigenvalue weighted by Crippen LogP contribution is -2.16. The van der Waals surface area contributed by atoms with E-state index in [4.69, 9.17) is 0 Å². The minimum Gasteiger partial charge on any atom is -0.207 e. The molecule has 0 fully saturated rings. The van der Waals surface area contributed by atoms with E-state index in [0.29, 0.717) is 0 Å². The highest BCUT2D eigenvalue weighted by Crippen LogP contribution is 2.49.